The number of amides is 1. The molecule has 5 nitrogen and oxygen atoms in total. The van der Waals surface area contributed by atoms with Crippen LogP contribution in [-0.2, 0) is 4.79 Å². The highest BCUT2D eigenvalue weighted by Gasteiger charge is 2.12. The fourth-order valence-electron chi connectivity index (χ4n) is 1.83. The van der Waals surface area contributed by atoms with Crippen molar-refractivity contribution in [2.45, 2.75) is 25.8 Å². The molecule has 2 rings (SSSR count). The molecule has 116 valence electrons. The molecular weight excluding hydrogens is 302 g/mol. The molecular formula is C16H18ClN3O2. The molecule has 1 heterocycles. The van der Waals surface area contributed by atoms with Gasteiger partial charge in [0.2, 0.25) is 11.8 Å². The van der Waals surface area contributed by atoms with Crippen LogP contribution in [0.1, 0.15) is 19.8 Å². The lowest BCUT2D eigenvalue weighted by molar-refractivity contribution is -0.117. The molecule has 0 fully saturated rings. The molecule has 3 N–H and O–H groups in total. The zero-order chi connectivity index (χ0) is 15.9. The van der Waals surface area contributed by atoms with Gasteiger partial charge in [-0.1, -0.05) is 24.9 Å². The summed E-state index contributed by atoms with van der Waals surface area (Å²) in [5, 5.41) is 3.32. The van der Waals surface area contributed by atoms with Gasteiger partial charge in [-0.2, -0.15) is 0 Å². The number of nitrogens with zero attached hydrogens (tertiary/aromatic N) is 1. The number of hydrogen-bond acceptors (Lipinski definition) is 4. The summed E-state index contributed by atoms with van der Waals surface area (Å²) >= 11 is 5.76. The Morgan fingerprint density at radius 2 is 2.05 bits per heavy atom. The van der Waals surface area contributed by atoms with Crippen molar-refractivity contribution in [2.75, 3.05) is 5.32 Å². The van der Waals surface area contributed by atoms with E-state index in [1.165, 1.54) is 6.20 Å². The number of aromatic nitrogens is 1. The first kappa shape index (κ1) is 16.3. The van der Waals surface area contributed by atoms with Crippen LogP contribution >= 0.6 is 11.6 Å². The third kappa shape index (κ3) is 4.72. The molecule has 0 saturated heterocycles. The van der Waals surface area contributed by atoms with Crippen LogP contribution in [0.25, 0.3) is 0 Å². The van der Waals surface area contributed by atoms with E-state index in [-0.39, 0.29) is 5.91 Å². The summed E-state index contributed by atoms with van der Waals surface area (Å²) in [5.74, 6) is 0.881. The molecule has 0 aliphatic rings. The molecule has 0 spiro atoms. The Morgan fingerprint density at radius 3 is 2.64 bits per heavy atom. The van der Waals surface area contributed by atoms with E-state index >= 15 is 0 Å². The minimum absolute atomic E-state index is 0.185. The Labute approximate surface area is 134 Å². The Balaban J connectivity index is 1.95. The Kier molecular flexibility index (Phi) is 5.75. The summed E-state index contributed by atoms with van der Waals surface area (Å²) in [7, 11) is 0. The normalized spacial score (nSPS) is 11.8. The first-order valence-electron chi connectivity index (χ1n) is 7.04. The van der Waals surface area contributed by atoms with Gasteiger partial charge in [0.25, 0.3) is 0 Å². The average molecular weight is 320 g/mol. The van der Waals surface area contributed by atoms with Gasteiger partial charge in [-0.05, 0) is 36.8 Å². The second kappa shape index (κ2) is 7.77. The molecule has 6 heteroatoms. The van der Waals surface area contributed by atoms with E-state index in [1.54, 1.807) is 36.4 Å². The predicted octanol–water partition coefficient (Wildman–Crippen LogP) is 3.59. The number of nitrogens with one attached hydrogen (secondary N) is 1. The van der Waals surface area contributed by atoms with E-state index in [2.05, 4.69) is 10.3 Å². The Morgan fingerprint density at radius 1 is 1.32 bits per heavy atom. The first-order chi connectivity index (χ1) is 10.6. The monoisotopic (exact) mass is 319 g/mol. The lowest BCUT2D eigenvalue weighted by Crippen LogP contribution is -2.35. The second-order valence-electron chi connectivity index (χ2n) is 4.83. The highest BCUT2D eigenvalue weighted by atomic mass is 35.5. The smallest absolute Gasteiger partial charge is 0.241 e. The highest BCUT2D eigenvalue weighted by Crippen LogP contribution is 2.22. The maximum absolute atomic E-state index is 11.8. The zero-order valence-electron chi connectivity index (χ0n) is 12.3. The van der Waals surface area contributed by atoms with Gasteiger partial charge in [-0.15, -0.1) is 0 Å². The maximum Gasteiger partial charge on any atom is 0.241 e. The van der Waals surface area contributed by atoms with Gasteiger partial charge >= 0.3 is 0 Å². The van der Waals surface area contributed by atoms with E-state index in [0.29, 0.717) is 28.8 Å². The van der Waals surface area contributed by atoms with Crippen LogP contribution in [0.15, 0.2) is 42.6 Å². The molecule has 0 aliphatic carbocycles. The van der Waals surface area contributed by atoms with E-state index in [1.807, 2.05) is 6.92 Å². The van der Waals surface area contributed by atoms with Crippen molar-refractivity contribution < 1.29 is 9.53 Å². The fraction of sp³-hybridized carbons (Fsp3) is 0.250. The largest absolute Gasteiger partial charge is 0.439 e. The summed E-state index contributed by atoms with van der Waals surface area (Å²) in [5.41, 5.74) is 6.44. The van der Waals surface area contributed by atoms with Crippen molar-refractivity contribution in [1.29, 1.82) is 0 Å². The van der Waals surface area contributed by atoms with Gasteiger partial charge in [0, 0.05) is 18.0 Å². The number of hydrogen-bond donors (Lipinski definition) is 2. The van der Waals surface area contributed by atoms with Gasteiger partial charge in [0.15, 0.2) is 0 Å². The molecule has 1 atom stereocenters. The van der Waals surface area contributed by atoms with Gasteiger partial charge < -0.3 is 15.8 Å². The minimum atomic E-state index is -0.487. The van der Waals surface area contributed by atoms with Crippen molar-refractivity contribution in [3.05, 3.63) is 47.6 Å². The predicted molar refractivity (Wildman–Crippen MR) is 87.3 cm³/mol. The number of ether oxygens (including phenoxy) is 1. The molecule has 0 radical (unpaired) electrons. The SMILES string of the molecule is CCCC(N)C(=O)Nc1ccc(Oc2ccc(Cl)cn2)cc1. The lowest BCUT2D eigenvalue weighted by Gasteiger charge is -2.11. The fourth-order valence-corrected chi connectivity index (χ4v) is 1.94. The van der Waals surface area contributed by atoms with Crippen LogP contribution in [0.3, 0.4) is 0 Å². The second-order valence-corrected chi connectivity index (χ2v) is 5.26. The quantitative estimate of drug-likeness (QED) is 0.853. The van der Waals surface area contributed by atoms with E-state index in [0.717, 1.165) is 6.42 Å². The average Bonchev–Trinajstić information content (AvgIpc) is 2.51. The molecule has 1 amide bonds. The molecule has 0 aliphatic heterocycles. The first-order valence-corrected chi connectivity index (χ1v) is 7.42. The maximum atomic E-state index is 11.8. The molecule has 1 aromatic heterocycles. The number of benzene rings is 1. The Bertz CT molecular complexity index is 614. The third-order valence-corrected chi connectivity index (χ3v) is 3.20. The van der Waals surface area contributed by atoms with Crippen molar-refractivity contribution in [2.24, 2.45) is 5.73 Å². The van der Waals surface area contributed by atoms with Gasteiger partial charge in [0.1, 0.15) is 5.75 Å². The number of nitrogens with two attached hydrogens (primary N) is 1. The molecule has 2 aromatic rings. The van der Waals surface area contributed by atoms with E-state index < -0.39 is 6.04 Å². The summed E-state index contributed by atoms with van der Waals surface area (Å²) in [6, 6.07) is 9.90. The molecule has 1 aromatic carbocycles. The Hall–Kier alpha value is -2.11. The number of halogens is 1. The van der Waals surface area contributed by atoms with Crippen LogP contribution in [0.5, 0.6) is 11.6 Å². The topological polar surface area (TPSA) is 77.2 Å². The van der Waals surface area contributed by atoms with Crippen LogP contribution in [-0.4, -0.2) is 16.9 Å². The minimum Gasteiger partial charge on any atom is -0.439 e. The van der Waals surface area contributed by atoms with Crippen molar-refractivity contribution in [3.8, 4) is 11.6 Å². The number of rotatable bonds is 6. The summed E-state index contributed by atoms with van der Waals surface area (Å²) in [6.45, 7) is 1.99. The number of pyridine rings is 1. The molecule has 0 saturated carbocycles. The van der Waals surface area contributed by atoms with Crippen molar-refractivity contribution in [1.82, 2.24) is 4.98 Å². The van der Waals surface area contributed by atoms with Gasteiger partial charge in [-0.25, -0.2) is 4.98 Å². The summed E-state index contributed by atoms with van der Waals surface area (Å²) < 4.78 is 5.57. The van der Waals surface area contributed by atoms with E-state index in [9.17, 15) is 4.79 Å². The van der Waals surface area contributed by atoms with Crippen LogP contribution in [0.2, 0.25) is 5.02 Å². The molecule has 22 heavy (non-hydrogen) atoms. The van der Waals surface area contributed by atoms with Crippen LogP contribution in [0, 0.1) is 0 Å². The van der Waals surface area contributed by atoms with Crippen molar-refractivity contribution >= 4 is 23.2 Å². The number of carbonyl (C=O) groups excluding carboxylic acids is 1. The number of carbonyl (C=O) groups is 1. The summed E-state index contributed by atoms with van der Waals surface area (Å²) in [4.78, 5) is 15.9. The lowest BCUT2D eigenvalue weighted by atomic mass is 10.1. The van der Waals surface area contributed by atoms with Crippen LogP contribution < -0.4 is 15.8 Å². The third-order valence-electron chi connectivity index (χ3n) is 2.98. The van der Waals surface area contributed by atoms with Crippen LogP contribution in [0.4, 0.5) is 5.69 Å². The molecule has 0 bridgehead atoms. The summed E-state index contributed by atoms with van der Waals surface area (Å²) in [6.07, 6.45) is 3.05. The van der Waals surface area contributed by atoms with Crippen molar-refractivity contribution in [3.63, 3.8) is 0 Å². The number of anilines is 1. The van der Waals surface area contributed by atoms with Gasteiger partial charge in [-0.3, -0.25) is 4.79 Å². The standard InChI is InChI=1S/C16H18ClN3O2/c1-2-3-14(18)16(21)20-12-5-7-13(8-6-12)22-15-9-4-11(17)10-19-15/h4-10,14H,2-3,18H2,1H3,(H,20,21). The van der Waals surface area contributed by atoms with E-state index in [4.69, 9.17) is 22.1 Å². The van der Waals surface area contributed by atoms with Gasteiger partial charge in [0.05, 0.1) is 11.1 Å². The highest BCUT2D eigenvalue weighted by molar-refractivity contribution is 6.30. The molecule has 1 unspecified atom stereocenters. The zero-order valence-corrected chi connectivity index (χ0v) is 13.0.